The molecule has 3 heteroatoms. The van der Waals surface area contributed by atoms with Crippen molar-refractivity contribution >= 4 is 5.96 Å². The summed E-state index contributed by atoms with van der Waals surface area (Å²) < 4.78 is 0. The van der Waals surface area contributed by atoms with Gasteiger partial charge in [-0.2, -0.15) is 0 Å². The molecule has 0 aromatic heterocycles. The molecule has 0 saturated heterocycles. The van der Waals surface area contributed by atoms with Crippen molar-refractivity contribution in [3.63, 3.8) is 0 Å². The zero-order chi connectivity index (χ0) is 12.1. The van der Waals surface area contributed by atoms with Gasteiger partial charge < -0.3 is 10.6 Å². The molecule has 90 valence electrons. The second-order valence-electron chi connectivity index (χ2n) is 6.18. The molecule has 3 nitrogen and oxygen atoms in total. The molecule has 0 radical (unpaired) electrons. The van der Waals surface area contributed by atoms with Crippen LogP contribution in [0.4, 0.5) is 0 Å². The van der Waals surface area contributed by atoms with Gasteiger partial charge in [-0.1, -0.05) is 20.8 Å². The normalized spacial score (nSPS) is 13.9. The van der Waals surface area contributed by atoms with Gasteiger partial charge in [-0.3, -0.25) is 4.99 Å². The highest BCUT2D eigenvalue weighted by Gasteiger charge is 2.13. The summed E-state index contributed by atoms with van der Waals surface area (Å²) in [5.41, 5.74) is 0.428. The third kappa shape index (κ3) is 9.57. The lowest BCUT2D eigenvalue weighted by Crippen LogP contribution is -2.48. The van der Waals surface area contributed by atoms with Gasteiger partial charge in [0.15, 0.2) is 5.96 Å². The van der Waals surface area contributed by atoms with Crippen LogP contribution in [0.2, 0.25) is 0 Å². The van der Waals surface area contributed by atoms with Gasteiger partial charge in [0, 0.05) is 19.1 Å². The number of nitrogens with one attached hydrogen (secondary N) is 2. The minimum atomic E-state index is 0.0591. The number of hydrogen-bond acceptors (Lipinski definition) is 1. The van der Waals surface area contributed by atoms with Gasteiger partial charge in [-0.25, -0.2) is 0 Å². The highest BCUT2D eigenvalue weighted by molar-refractivity contribution is 5.80. The average molecular weight is 213 g/mol. The van der Waals surface area contributed by atoms with Crippen LogP contribution in [0.25, 0.3) is 0 Å². The molecule has 0 amide bonds. The van der Waals surface area contributed by atoms with E-state index in [1.54, 1.807) is 7.05 Å². The van der Waals surface area contributed by atoms with Crippen molar-refractivity contribution in [2.24, 2.45) is 10.4 Å². The van der Waals surface area contributed by atoms with E-state index >= 15 is 0 Å². The van der Waals surface area contributed by atoms with Gasteiger partial charge in [-0.05, 0) is 32.6 Å². The van der Waals surface area contributed by atoms with E-state index in [-0.39, 0.29) is 5.54 Å². The number of rotatable bonds is 2. The molecule has 0 rings (SSSR count). The maximum atomic E-state index is 4.19. The fourth-order valence-electron chi connectivity index (χ4n) is 1.09. The largest absolute Gasteiger partial charge is 0.356 e. The Bertz CT molecular complexity index is 206. The molecule has 0 saturated carbocycles. The molecule has 0 atom stereocenters. The second-order valence-corrected chi connectivity index (χ2v) is 6.18. The van der Waals surface area contributed by atoms with Crippen LogP contribution in [0.3, 0.4) is 0 Å². The van der Waals surface area contributed by atoms with Crippen LogP contribution in [0.1, 0.15) is 48.0 Å². The van der Waals surface area contributed by atoms with Crippen LogP contribution >= 0.6 is 0 Å². The van der Waals surface area contributed by atoms with Crippen LogP contribution in [0.15, 0.2) is 4.99 Å². The zero-order valence-corrected chi connectivity index (χ0v) is 11.4. The molecule has 0 aromatic carbocycles. The van der Waals surface area contributed by atoms with Crippen molar-refractivity contribution in [1.29, 1.82) is 0 Å². The van der Waals surface area contributed by atoms with E-state index in [1.807, 2.05) is 0 Å². The Morgan fingerprint density at radius 1 is 1.07 bits per heavy atom. The van der Waals surface area contributed by atoms with Crippen LogP contribution in [0, 0.1) is 5.41 Å². The predicted molar refractivity (Wildman–Crippen MR) is 68.3 cm³/mol. The highest BCUT2D eigenvalue weighted by Crippen LogP contribution is 2.16. The van der Waals surface area contributed by atoms with Crippen LogP contribution in [-0.2, 0) is 0 Å². The van der Waals surface area contributed by atoms with Gasteiger partial charge in [-0.15, -0.1) is 0 Å². The Morgan fingerprint density at radius 2 is 1.60 bits per heavy atom. The van der Waals surface area contributed by atoms with Crippen molar-refractivity contribution in [1.82, 2.24) is 10.6 Å². The van der Waals surface area contributed by atoms with E-state index in [2.05, 4.69) is 57.2 Å². The molecule has 0 fully saturated rings. The van der Waals surface area contributed by atoms with Crippen molar-refractivity contribution in [3.8, 4) is 0 Å². The molecule has 0 bridgehead atoms. The summed E-state index contributed by atoms with van der Waals surface area (Å²) in [6.07, 6.45) is 1.14. The Kier molecular flexibility index (Phi) is 5.12. The maximum Gasteiger partial charge on any atom is 0.191 e. The number of guanidine groups is 1. The Balaban J connectivity index is 3.94. The molecule has 0 aromatic rings. The van der Waals surface area contributed by atoms with Gasteiger partial charge in [0.05, 0.1) is 0 Å². The first-order chi connectivity index (χ1) is 6.64. The maximum absolute atomic E-state index is 4.19. The quantitative estimate of drug-likeness (QED) is 0.546. The Labute approximate surface area is 94.7 Å². The van der Waals surface area contributed by atoms with E-state index in [0.29, 0.717) is 5.41 Å². The lowest BCUT2D eigenvalue weighted by Gasteiger charge is -2.25. The summed E-state index contributed by atoms with van der Waals surface area (Å²) in [5, 5.41) is 6.65. The van der Waals surface area contributed by atoms with Crippen LogP contribution in [-0.4, -0.2) is 25.1 Å². The van der Waals surface area contributed by atoms with Crippen molar-refractivity contribution in [2.45, 2.75) is 53.5 Å². The minimum Gasteiger partial charge on any atom is -0.356 e. The van der Waals surface area contributed by atoms with Crippen LogP contribution < -0.4 is 10.6 Å². The fourth-order valence-corrected chi connectivity index (χ4v) is 1.09. The third-order valence-corrected chi connectivity index (χ3v) is 1.88. The molecule has 2 N–H and O–H groups in total. The standard InChI is InChI=1S/C12H27N3/c1-11(2,3)8-9-14-10(13-7)15-12(4,5)6/h8-9H2,1-7H3,(H2,13,14,15). The zero-order valence-electron chi connectivity index (χ0n) is 11.4. The smallest absolute Gasteiger partial charge is 0.191 e. The molecule has 0 spiro atoms. The predicted octanol–water partition coefficient (Wildman–Crippen LogP) is 2.39. The monoisotopic (exact) mass is 213 g/mol. The first-order valence-electron chi connectivity index (χ1n) is 5.63. The average Bonchev–Trinajstić information content (AvgIpc) is 1.97. The molecule has 15 heavy (non-hydrogen) atoms. The summed E-state index contributed by atoms with van der Waals surface area (Å²) >= 11 is 0. The van der Waals surface area contributed by atoms with Crippen molar-refractivity contribution in [2.75, 3.05) is 13.6 Å². The van der Waals surface area contributed by atoms with E-state index in [9.17, 15) is 0 Å². The first kappa shape index (κ1) is 14.3. The number of hydrogen-bond donors (Lipinski definition) is 2. The Hall–Kier alpha value is -0.730. The fraction of sp³-hybridized carbons (Fsp3) is 0.917. The van der Waals surface area contributed by atoms with Gasteiger partial charge in [0.2, 0.25) is 0 Å². The molecule has 0 aliphatic rings. The van der Waals surface area contributed by atoms with Gasteiger partial charge in [0.25, 0.3) is 0 Å². The second kappa shape index (κ2) is 5.38. The number of nitrogens with zero attached hydrogens (tertiary/aromatic N) is 1. The molecular formula is C12H27N3. The Morgan fingerprint density at radius 3 is 1.93 bits per heavy atom. The van der Waals surface area contributed by atoms with E-state index in [1.165, 1.54) is 0 Å². The molecule has 0 aliphatic carbocycles. The molecule has 0 unspecified atom stereocenters. The summed E-state index contributed by atoms with van der Waals surface area (Å²) in [5.74, 6) is 0.881. The SMILES string of the molecule is CN=C(NCCC(C)(C)C)NC(C)(C)C. The van der Waals surface area contributed by atoms with E-state index in [4.69, 9.17) is 0 Å². The summed E-state index contributed by atoms with van der Waals surface area (Å²) in [7, 11) is 1.80. The van der Waals surface area contributed by atoms with Crippen molar-refractivity contribution in [3.05, 3.63) is 0 Å². The minimum absolute atomic E-state index is 0.0591. The third-order valence-electron chi connectivity index (χ3n) is 1.88. The van der Waals surface area contributed by atoms with E-state index < -0.39 is 0 Å². The topological polar surface area (TPSA) is 36.4 Å². The van der Waals surface area contributed by atoms with E-state index in [0.717, 1.165) is 18.9 Å². The first-order valence-corrected chi connectivity index (χ1v) is 5.63. The lowest BCUT2D eigenvalue weighted by atomic mass is 9.92. The van der Waals surface area contributed by atoms with Gasteiger partial charge >= 0.3 is 0 Å². The van der Waals surface area contributed by atoms with Gasteiger partial charge in [0.1, 0.15) is 0 Å². The highest BCUT2D eigenvalue weighted by atomic mass is 15.2. The van der Waals surface area contributed by atoms with Crippen LogP contribution in [0.5, 0.6) is 0 Å². The number of aliphatic imine (C=N–C) groups is 1. The molecule has 0 aliphatic heterocycles. The van der Waals surface area contributed by atoms with Crippen molar-refractivity contribution < 1.29 is 0 Å². The summed E-state index contributed by atoms with van der Waals surface area (Å²) in [4.78, 5) is 4.19. The lowest BCUT2D eigenvalue weighted by molar-refractivity contribution is 0.376. The summed E-state index contributed by atoms with van der Waals surface area (Å²) in [6, 6.07) is 0. The summed E-state index contributed by atoms with van der Waals surface area (Å²) in [6.45, 7) is 14.1. The molecular weight excluding hydrogens is 186 g/mol. The molecule has 0 heterocycles.